The number of amides is 1. The van der Waals surface area contributed by atoms with Gasteiger partial charge in [-0.05, 0) is 36.4 Å². The second kappa shape index (κ2) is 9.18. The molecule has 33 heavy (non-hydrogen) atoms. The van der Waals surface area contributed by atoms with Crippen molar-refractivity contribution in [2.24, 2.45) is 0 Å². The molecule has 1 amide bonds. The quantitative estimate of drug-likeness (QED) is 0.435. The Bertz CT molecular complexity index is 1340. The summed E-state index contributed by atoms with van der Waals surface area (Å²) in [6.45, 7) is 0. The van der Waals surface area contributed by atoms with Crippen LogP contribution in [0.2, 0.25) is 0 Å². The number of carbonyl (C=O) groups is 2. The molecule has 166 valence electrons. The zero-order valence-corrected chi connectivity index (χ0v) is 17.6. The Balaban J connectivity index is 1.72. The summed E-state index contributed by atoms with van der Waals surface area (Å²) in [5.74, 6) is -0.560. The third kappa shape index (κ3) is 4.64. The van der Waals surface area contributed by atoms with Gasteiger partial charge in [0.2, 0.25) is 0 Å². The molecule has 0 unspecified atom stereocenters. The summed E-state index contributed by atoms with van der Waals surface area (Å²) in [7, 11) is 3.01. The molecule has 10 nitrogen and oxygen atoms in total. The van der Waals surface area contributed by atoms with E-state index in [1.165, 1.54) is 32.5 Å². The van der Waals surface area contributed by atoms with Crippen LogP contribution in [0.5, 0.6) is 23.1 Å². The summed E-state index contributed by atoms with van der Waals surface area (Å²) >= 11 is 0. The van der Waals surface area contributed by atoms with E-state index in [1.807, 2.05) is 0 Å². The van der Waals surface area contributed by atoms with E-state index in [1.54, 1.807) is 42.5 Å². The number of pyridine rings is 1. The molecule has 4 rings (SSSR count). The normalized spacial score (nSPS) is 10.5. The molecule has 2 aromatic heterocycles. The first-order valence-corrected chi connectivity index (χ1v) is 9.66. The van der Waals surface area contributed by atoms with Gasteiger partial charge in [0.15, 0.2) is 17.2 Å². The fourth-order valence-electron chi connectivity index (χ4n) is 2.95. The van der Waals surface area contributed by atoms with Gasteiger partial charge < -0.3 is 24.6 Å². The molecule has 0 radical (unpaired) electrons. The molecule has 4 aromatic rings. The van der Waals surface area contributed by atoms with Crippen LogP contribution < -0.4 is 19.5 Å². The number of anilines is 1. The first kappa shape index (κ1) is 21.5. The molecule has 0 bridgehead atoms. The van der Waals surface area contributed by atoms with Gasteiger partial charge in [-0.25, -0.2) is 19.7 Å². The smallest absolute Gasteiger partial charge is 0.354 e. The molecule has 0 saturated carbocycles. The van der Waals surface area contributed by atoms with Crippen LogP contribution in [0.15, 0.2) is 60.8 Å². The summed E-state index contributed by atoms with van der Waals surface area (Å²) in [6, 6.07) is 14.7. The zero-order valence-electron chi connectivity index (χ0n) is 17.6. The van der Waals surface area contributed by atoms with Gasteiger partial charge in [-0.2, -0.15) is 0 Å². The highest BCUT2D eigenvalue weighted by Crippen LogP contribution is 2.35. The van der Waals surface area contributed by atoms with Crippen LogP contribution in [-0.4, -0.2) is 46.2 Å². The second-order valence-electron chi connectivity index (χ2n) is 6.68. The number of ether oxygens (including phenoxy) is 3. The van der Waals surface area contributed by atoms with E-state index in [0.717, 1.165) is 0 Å². The fraction of sp³-hybridized carbons (Fsp3) is 0.0870. The van der Waals surface area contributed by atoms with Crippen LogP contribution >= 0.6 is 0 Å². The number of para-hydroxylation sites is 2. The molecule has 2 heterocycles. The monoisotopic (exact) mass is 446 g/mol. The predicted octanol–water partition coefficient (Wildman–Crippen LogP) is 3.78. The van der Waals surface area contributed by atoms with E-state index in [2.05, 4.69) is 20.3 Å². The van der Waals surface area contributed by atoms with Crippen molar-refractivity contribution in [1.82, 2.24) is 15.0 Å². The maximum atomic E-state index is 13.1. The van der Waals surface area contributed by atoms with Gasteiger partial charge in [0.1, 0.15) is 11.4 Å². The van der Waals surface area contributed by atoms with Crippen molar-refractivity contribution in [3.05, 3.63) is 72.2 Å². The van der Waals surface area contributed by atoms with E-state index in [9.17, 15) is 9.59 Å². The number of carboxylic acid groups (broad SMARTS) is 1. The van der Waals surface area contributed by atoms with Gasteiger partial charge in [0.05, 0.1) is 37.1 Å². The molecule has 0 spiro atoms. The fourth-order valence-corrected chi connectivity index (χ4v) is 2.95. The summed E-state index contributed by atoms with van der Waals surface area (Å²) in [6.07, 6.45) is 1.24. The minimum Gasteiger partial charge on any atom is -0.497 e. The number of benzene rings is 2. The largest absolute Gasteiger partial charge is 0.497 e. The Morgan fingerprint density at radius 3 is 2.30 bits per heavy atom. The lowest BCUT2D eigenvalue weighted by atomic mass is 10.2. The molecule has 2 aromatic carbocycles. The number of aromatic nitrogens is 3. The molecule has 10 heteroatoms. The highest BCUT2D eigenvalue weighted by molar-refractivity contribution is 6.05. The lowest BCUT2D eigenvalue weighted by molar-refractivity contribution is 0.0690. The van der Waals surface area contributed by atoms with Crippen LogP contribution in [0.25, 0.3) is 11.0 Å². The molecular formula is C23H18N4O6. The van der Waals surface area contributed by atoms with E-state index < -0.39 is 11.9 Å². The Hall–Kier alpha value is -4.73. The molecular weight excluding hydrogens is 428 g/mol. The Labute approximate surface area is 187 Å². The molecule has 0 fully saturated rings. The van der Waals surface area contributed by atoms with Crippen LogP contribution in [0.4, 0.5) is 5.69 Å². The Morgan fingerprint density at radius 1 is 0.909 bits per heavy atom. The highest BCUT2D eigenvalue weighted by Gasteiger charge is 2.21. The van der Waals surface area contributed by atoms with Crippen LogP contribution in [0.1, 0.15) is 21.0 Å². The second-order valence-corrected chi connectivity index (χ2v) is 6.68. The van der Waals surface area contributed by atoms with Crippen LogP contribution in [0.3, 0.4) is 0 Å². The average molecular weight is 446 g/mol. The number of hydrogen-bond donors (Lipinski definition) is 2. The third-order valence-electron chi connectivity index (χ3n) is 4.57. The average Bonchev–Trinajstić information content (AvgIpc) is 2.84. The summed E-state index contributed by atoms with van der Waals surface area (Å²) in [5.41, 5.74) is 1.09. The number of hydrogen-bond acceptors (Lipinski definition) is 8. The van der Waals surface area contributed by atoms with Gasteiger partial charge in [-0.3, -0.25) is 4.79 Å². The number of aromatic carboxylic acids is 1. The maximum Gasteiger partial charge on any atom is 0.354 e. The Kier molecular flexibility index (Phi) is 5.98. The number of methoxy groups -OCH3 is 2. The van der Waals surface area contributed by atoms with Gasteiger partial charge in [0.25, 0.3) is 11.8 Å². The number of rotatable bonds is 7. The predicted molar refractivity (Wildman–Crippen MR) is 118 cm³/mol. The van der Waals surface area contributed by atoms with Crippen molar-refractivity contribution in [1.29, 1.82) is 0 Å². The zero-order chi connectivity index (χ0) is 23.4. The van der Waals surface area contributed by atoms with Crippen molar-refractivity contribution < 1.29 is 28.9 Å². The van der Waals surface area contributed by atoms with E-state index >= 15 is 0 Å². The number of carboxylic acids is 1. The van der Waals surface area contributed by atoms with Crippen molar-refractivity contribution in [2.45, 2.75) is 0 Å². The lowest BCUT2D eigenvalue weighted by Crippen LogP contribution is -2.16. The number of nitrogens with zero attached hydrogens (tertiary/aromatic N) is 3. The Morgan fingerprint density at radius 2 is 1.67 bits per heavy atom. The first-order chi connectivity index (χ1) is 16.0. The number of nitrogens with one attached hydrogen (secondary N) is 1. The maximum absolute atomic E-state index is 13.1. The van der Waals surface area contributed by atoms with Crippen molar-refractivity contribution in [3.63, 3.8) is 0 Å². The summed E-state index contributed by atoms with van der Waals surface area (Å²) in [4.78, 5) is 36.7. The molecule has 2 N–H and O–H groups in total. The summed E-state index contributed by atoms with van der Waals surface area (Å²) < 4.78 is 16.5. The van der Waals surface area contributed by atoms with Crippen molar-refractivity contribution in [2.75, 3.05) is 19.5 Å². The molecule has 0 aliphatic heterocycles. The van der Waals surface area contributed by atoms with Crippen molar-refractivity contribution in [3.8, 4) is 23.1 Å². The molecule has 0 atom stereocenters. The number of carbonyl (C=O) groups excluding carboxylic acids is 1. The van der Waals surface area contributed by atoms with Crippen LogP contribution in [0, 0.1) is 0 Å². The van der Waals surface area contributed by atoms with Crippen molar-refractivity contribution >= 4 is 28.6 Å². The molecule has 0 aliphatic rings. The van der Waals surface area contributed by atoms with E-state index in [0.29, 0.717) is 28.3 Å². The molecule has 0 aliphatic carbocycles. The minimum absolute atomic E-state index is 0.0372. The van der Waals surface area contributed by atoms with E-state index in [-0.39, 0.29) is 23.0 Å². The molecule has 0 saturated heterocycles. The topological polar surface area (TPSA) is 133 Å². The lowest BCUT2D eigenvalue weighted by Gasteiger charge is -2.14. The minimum atomic E-state index is -1.17. The standard InChI is InChI=1S/C23H18N4O6/c1-31-14-8-10-18(19(11-14)32-2)33-22-20(26-15-5-3-4-6-16(15)27-22)21(28)25-13-7-9-17(23(29)30)24-12-13/h3-12H,1-2H3,(H,25,28)(H,29,30). The van der Waals surface area contributed by atoms with Gasteiger partial charge in [0, 0.05) is 6.07 Å². The first-order valence-electron chi connectivity index (χ1n) is 9.66. The van der Waals surface area contributed by atoms with Gasteiger partial charge in [-0.15, -0.1) is 0 Å². The highest BCUT2D eigenvalue weighted by atomic mass is 16.5. The van der Waals surface area contributed by atoms with E-state index in [4.69, 9.17) is 19.3 Å². The summed E-state index contributed by atoms with van der Waals surface area (Å²) in [5, 5.41) is 11.6. The van der Waals surface area contributed by atoms with Gasteiger partial charge >= 0.3 is 5.97 Å². The third-order valence-corrected chi connectivity index (χ3v) is 4.57. The van der Waals surface area contributed by atoms with Gasteiger partial charge in [-0.1, -0.05) is 12.1 Å². The number of fused-ring (bicyclic) bond motifs is 1. The SMILES string of the molecule is COc1ccc(Oc2nc3ccccc3nc2C(=O)Nc2ccc(C(=O)O)nc2)c(OC)c1. The van der Waals surface area contributed by atoms with Crippen LogP contribution in [-0.2, 0) is 0 Å².